The normalized spacial score (nSPS) is 11.8. The molecule has 0 radical (unpaired) electrons. The Labute approximate surface area is 163 Å². The van der Waals surface area contributed by atoms with Gasteiger partial charge in [0.1, 0.15) is 11.3 Å². The van der Waals surface area contributed by atoms with Crippen LogP contribution in [-0.4, -0.2) is 29.2 Å². The van der Waals surface area contributed by atoms with Gasteiger partial charge >= 0.3 is 6.18 Å². The summed E-state index contributed by atoms with van der Waals surface area (Å²) in [5.41, 5.74) is -0.234. The molecule has 0 amide bonds. The highest BCUT2D eigenvalue weighted by Gasteiger charge is 2.36. The molecule has 0 bridgehead atoms. The summed E-state index contributed by atoms with van der Waals surface area (Å²) in [6, 6.07) is 7.24. The molecule has 1 aromatic carbocycles. The first-order valence-electron chi connectivity index (χ1n) is 9.23. The number of benzene rings is 1. The molecule has 2 rings (SSSR count). The molecule has 0 aliphatic carbocycles. The lowest BCUT2D eigenvalue weighted by atomic mass is 10.2. The maximum Gasteiger partial charge on any atom is 0.423 e. The summed E-state index contributed by atoms with van der Waals surface area (Å²) in [7, 11) is 0. The molecule has 0 N–H and O–H groups in total. The smallest absolute Gasteiger partial charge is 0.423 e. The molecule has 154 valence electrons. The van der Waals surface area contributed by atoms with E-state index >= 15 is 0 Å². The quantitative estimate of drug-likeness (QED) is 0.591. The van der Waals surface area contributed by atoms with E-state index in [4.69, 9.17) is 9.47 Å². The molecule has 2 aromatic rings. The van der Waals surface area contributed by atoms with Crippen molar-refractivity contribution >= 4 is 11.6 Å². The van der Waals surface area contributed by atoms with Crippen LogP contribution in [0.5, 0.6) is 11.6 Å². The van der Waals surface area contributed by atoms with Crippen molar-refractivity contribution in [3.05, 3.63) is 36.0 Å². The number of ether oxygens (including phenoxy) is 2. The van der Waals surface area contributed by atoms with E-state index in [1.807, 2.05) is 46.8 Å². The topological polar surface area (TPSA) is 47.5 Å². The molecular weight excluding hydrogens is 371 g/mol. The first-order chi connectivity index (χ1) is 13.1. The maximum absolute atomic E-state index is 13.3. The van der Waals surface area contributed by atoms with Gasteiger partial charge in [-0.1, -0.05) is 13.8 Å². The Morgan fingerprint density at radius 2 is 1.71 bits per heavy atom. The Balaban J connectivity index is 2.36. The van der Waals surface area contributed by atoms with Crippen LogP contribution in [0, 0.1) is 5.92 Å². The monoisotopic (exact) mass is 397 g/mol. The zero-order valence-corrected chi connectivity index (χ0v) is 16.7. The fourth-order valence-electron chi connectivity index (χ4n) is 2.45. The molecule has 0 atom stereocenters. The Morgan fingerprint density at radius 1 is 1.07 bits per heavy atom. The predicted molar refractivity (Wildman–Crippen MR) is 102 cm³/mol. The second-order valence-electron chi connectivity index (χ2n) is 7.00. The van der Waals surface area contributed by atoms with Gasteiger partial charge in [0.05, 0.1) is 12.7 Å². The Hall–Kier alpha value is -2.51. The second-order valence-corrected chi connectivity index (χ2v) is 7.00. The third kappa shape index (κ3) is 5.74. The van der Waals surface area contributed by atoms with E-state index in [0.717, 1.165) is 11.9 Å². The van der Waals surface area contributed by atoms with Gasteiger partial charge in [0.15, 0.2) is 0 Å². The Morgan fingerprint density at radius 3 is 2.21 bits per heavy atom. The summed E-state index contributed by atoms with van der Waals surface area (Å²) in [6.45, 7) is 10.0. The van der Waals surface area contributed by atoms with Gasteiger partial charge < -0.3 is 14.4 Å². The number of aromatic nitrogens is 2. The molecule has 0 spiro atoms. The number of rotatable bonds is 8. The number of alkyl halides is 3. The molecule has 0 saturated carbocycles. The first kappa shape index (κ1) is 21.8. The number of anilines is 2. The third-order valence-corrected chi connectivity index (χ3v) is 3.68. The second kappa shape index (κ2) is 9.12. The highest BCUT2D eigenvalue weighted by atomic mass is 19.4. The fourth-order valence-corrected chi connectivity index (χ4v) is 2.45. The minimum atomic E-state index is -4.59. The van der Waals surface area contributed by atoms with Gasteiger partial charge in [-0.2, -0.15) is 18.2 Å². The highest BCUT2D eigenvalue weighted by molar-refractivity contribution is 5.58. The summed E-state index contributed by atoms with van der Waals surface area (Å²) in [6.07, 6.45) is -3.76. The molecule has 0 saturated heterocycles. The van der Waals surface area contributed by atoms with E-state index < -0.39 is 17.6 Å². The Kier molecular flexibility index (Phi) is 7.10. The van der Waals surface area contributed by atoms with E-state index in [2.05, 4.69) is 9.97 Å². The van der Waals surface area contributed by atoms with Crippen molar-refractivity contribution in [1.82, 2.24) is 9.97 Å². The molecule has 0 aliphatic heterocycles. The van der Waals surface area contributed by atoms with Crippen LogP contribution in [0.1, 0.15) is 40.2 Å². The highest BCUT2D eigenvalue weighted by Crippen LogP contribution is 2.36. The molecule has 28 heavy (non-hydrogen) atoms. The first-order valence-corrected chi connectivity index (χ1v) is 9.23. The molecule has 1 aromatic heterocycles. The lowest BCUT2D eigenvalue weighted by molar-refractivity contribution is -0.139. The van der Waals surface area contributed by atoms with E-state index in [0.29, 0.717) is 12.3 Å². The lowest BCUT2D eigenvalue weighted by Crippen LogP contribution is -2.21. The summed E-state index contributed by atoms with van der Waals surface area (Å²) in [5.74, 6) is 0.468. The number of halogens is 3. The molecule has 0 unspecified atom stereocenters. The summed E-state index contributed by atoms with van der Waals surface area (Å²) in [4.78, 5) is 9.72. The van der Waals surface area contributed by atoms with Crippen LogP contribution in [-0.2, 0) is 6.18 Å². The SMILES string of the molecule is CCN(c1ccc(OC(C)C)cc1)c1ncc(C(F)(F)F)c(OCC(C)C)n1. The van der Waals surface area contributed by atoms with Gasteiger partial charge in [0, 0.05) is 18.4 Å². The number of hydrogen-bond acceptors (Lipinski definition) is 5. The summed E-state index contributed by atoms with van der Waals surface area (Å²) in [5, 5.41) is 0. The van der Waals surface area contributed by atoms with Gasteiger partial charge in [-0.25, -0.2) is 4.98 Å². The average molecular weight is 397 g/mol. The van der Waals surface area contributed by atoms with Crippen molar-refractivity contribution in [2.75, 3.05) is 18.1 Å². The van der Waals surface area contributed by atoms with Crippen molar-refractivity contribution in [3.8, 4) is 11.6 Å². The molecular formula is C20H26F3N3O2. The molecule has 5 nitrogen and oxygen atoms in total. The van der Waals surface area contributed by atoms with Gasteiger partial charge in [-0.15, -0.1) is 0 Å². The van der Waals surface area contributed by atoms with E-state index in [9.17, 15) is 13.2 Å². The average Bonchev–Trinajstić information content (AvgIpc) is 2.60. The van der Waals surface area contributed by atoms with Gasteiger partial charge in [-0.05, 0) is 51.0 Å². The zero-order chi connectivity index (χ0) is 20.9. The van der Waals surface area contributed by atoms with Crippen molar-refractivity contribution in [1.29, 1.82) is 0 Å². The largest absolute Gasteiger partial charge is 0.491 e. The van der Waals surface area contributed by atoms with Crippen LogP contribution in [0.3, 0.4) is 0 Å². The van der Waals surface area contributed by atoms with Crippen LogP contribution in [0.15, 0.2) is 30.5 Å². The molecule has 1 heterocycles. The third-order valence-electron chi connectivity index (χ3n) is 3.68. The van der Waals surface area contributed by atoms with Crippen molar-refractivity contribution < 1.29 is 22.6 Å². The standard InChI is InChI=1S/C20H26F3N3O2/c1-6-26(15-7-9-16(10-8-15)28-14(4)5)19-24-11-17(20(21,22)23)18(25-19)27-12-13(2)3/h7-11,13-14H,6,12H2,1-5H3. The minimum Gasteiger partial charge on any atom is -0.491 e. The zero-order valence-electron chi connectivity index (χ0n) is 16.7. The summed E-state index contributed by atoms with van der Waals surface area (Å²) >= 11 is 0. The van der Waals surface area contributed by atoms with E-state index in [1.165, 1.54) is 0 Å². The van der Waals surface area contributed by atoms with Crippen molar-refractivity contribution in [2.45, 2.75) is 46.9 Å². The molecule has 0 fully saturated rings. The van der Waals surface area contributed by atoms with Crippen molar-refractivity contribution in [2.24, 2.45) is 5.92 Å². The van der Waals surface area contributed by atoms with Crippen LogP contribution < -0.4 is 14.4 Å². The van der Waals surface area contributed by atoms with Gasteiger partial charge in [0.2, 0.25) is 11.8 Å². The number of hydrogen-bond donors (Lipinski definition) is 0. The van der Waals surface area contributed by atoms with Crippen LogP contribution >= 0.6 is 0 Å². The lowest BCUT2D eigenvalue weighted by Gasteiger charge is -2.23. The molecule has 0 aliphatic rings. The number of nitrogens with zero attached hydrogens (tertiary/aromatic N) is 3. The van der Waals surface area contributed by atoms with Gasteiger partial charge in [-0.3, -0.25) is 0 Å². The summed E-state index contributed by atoms with van der Waals surface area (Å²) < 4.78 is 50.8. The minimum absolute atomic E-state index is 0.0482. The van der Waals surface area contributed by atoms with Gasteiger partial charge in [0.25, 0.3) is 0 Å². The fraction of sp³-hybridized carbons (Fsp3) is 0.500. The van der Waals surface area contributed by atoms with E-state index in [1.54, 1.807) is 17.0 Å². The van der Waals surface area contributed by atoms with Crippen LogP contribution in [0.4, 0.5) is 24.8 Å². The van der Waals surface area contributed by atoms with Crippen LogP contribution in [0.2, 0.25) is 0 Å². The van der Waals surface area contributed by atoms with Crippen molar-refractivity contribution in [3.63, 3.8) is 0 Å². The van der Waals surface area contributed by atoms with E-state index in [-0.39, 0.29) is 24.6 Å². The molecule has 8 heteroatoms. The Bertz CT molecular complexity index is 762. The maximum atomic E-state index is 13.3. The predicted octanol–water partition coefficient (Wildman–Crippen LogP) is 5.48. The van der Waals surface area contributed by atoms with Crippen LogP contribution in [0.25, 0.3) is 0 Å².